The summed E-state index contributed by atoms with van der Waals surface area (Å²) in [5, 5.41) is 0. The van der Waals surface area contributed by atoms with Crippen molar-refractivity contribution in [3.8, 4) is 0 Å². The molecule has 0 saturated heterocycles. The first-order valence-electron chi connectivity index (χ1n) is 4.04. The molecule has 0 amide bonds. The molecule has 72 valence electrons. The van der Waals surface area contributed by atoms with Crippen molar-refractivity contribution in [1.29, 1.82) is 0 Å². The molecule has 0 radical (unpaired) electrons. The van der Waals surface area contributed by atoms with Crippen molar-refractivity contribution >= 4 is 42.9 Å². The third-order valence-electron chi connectivity index (χ3n) is 2.02. The van der Waals surface area contributed by atoms with E-state index < -0.39 is 0 Å². The topological polar surface area (TPSA) is 38.7 Å². The molecule has 0 unspecified atom stereocenters. The number of nitrogens with zero attached hydrogens (tertiary/aromatic N) is 3. The maximum atomic E-state index is 4.46. The van der Waals surface area contributed by atoms with Crippen LogP contribution < -0.4 is 0 Å². The summed E-state index contributed by atoms with van der Waals surface area (Å²) in [5.74, 6) is 0. The molecule has 2 heterocycles. The maximum Gasteiger partial charge on any atom is 0.133 e. The fourth-order valence-corrected chi connectivity index (χ4v) is 1.91. The van der Waals surface area contributed by atoms with Crippen LogP contribution >= 0.6 is 31.9 Å². The lowest BCUT2D eigenvalue weighted by Gasteiger charge is -2.04. The average Bonchev–Trinajstić information content (AvgIpc) is 2.15. The van der Waals surface area contributed by atoms with Gasteiger partial charge in [-0.05, 0) is 45.7 Å². The first-order chi connectivity index (χ1) is 6.59. The number of aromatic nitrogens is 3. The van der Waals surface area contributed by atoms with Crippen molar-refractivity contribution in [2.45, 2.75) is 13.8 Å². The van der Waals surface area contributed by atoms with Gasteiger partial charge in [0.15, 0.2) is 0 Å². The number of hydrogen-bond donors (Lipinski definition) is 0. The lowest BCUT2D eigenvalue weighted by Crippen LogP contribution is -1.95. The minimum absolute atomic E-state index is 0.728. The highest BCUT2D eigenvalue weighted by Gasteiger charge is 2.08. The Bertz CT molecular complexity index is 464. The molecular formula is C9H7Br2N3. The first-order valence-corrected chi connectivity index (χ1v) is 5.63. The molecule has 0 aliphatic rings. The Labute approximate surface area is 98.2 Å². The Balaban J connectivity index is 2.94. The molecule has 14 heavy (non-hydrogen) atoms. The number of aryl methyl sites for hydroxylation is 2. The third-order valence-corrected chi connectivity index (χ3v) is 3.18. The van der Waals surface area contributed by atoms with Crippen LogP contribution in [0.3, 0.4) is 0 Å². The smallest absolute Gasteiger partial charge is 0.133 e. The summed E-state index contributed by atoms with van der Waals surface area (Å²) in [6.07, 6.45) is 1.72. The summed E-state index contributed by atoms with van der Waals surface area (Å²) >= 11 is 6.76. The Morgan fingerprint density at radius 3 is 2.21 bits per heavy atom. The van der Waals surface area contributed by atoms with Crippen LogP contribution in [0.1, 0.15) is 11.4 Å². The van der Waals surface area contributed by atoms with Crippen molar-refractivity contribution in [3.63, 3.8) is 0 Å². The van der Waals surface area contributed by atoms with E-state index in [0.717, 1.165) is 31.5 Å². The second-order valence-electron chi connectivity index (χ2n) is 2.99. The van der Waals surface area contributed by atoms with Crippen LogP contribution in [-0.4, -0.2) is 15.0 Å². The Hall–Kier alpha value is -0.550. The van der Waals surface area contributed by atoms with Crippen molar-refractivity contribution < 1.29 is 0 Å². The van der Waals surface area contributed by atoms with E-state index in [1.54, 1.807) is 6.20 Å². The molecule has 5 heteroatoms. The fourth-order valence-electron chi connectivity index (χ4n) is 1.15. The molecule has 2 aromatic heterocycles. The minimum atomic E-state index is 0.728. The van der Waals surface area contributed by atoms with Gasteiger partial charge in [0.1, 0.15) is 15.6 Å². The summed E-state index contributed by atoms with van der Waals surface area (Å²) in [5.41, 5.74) is 3.51. The Morgan fingerprint density at radius 2 is 1.57 bits per heavy atom. The van der Waals surface area contributed by atoms with Crippen LogP contribution in [0.2, 0.25) is 0 Å². The van der Waals surface area contributed by atoms with Gasteiger partial charge in [0.25, 0.3) is 0 Å². The number of hydrogen-bond acceptors (Lipinski definition) is 3. The summed E-state index contributed by atoms with van der Waals surface area (Å²) in [7, 11) is 0. The molecule has 3 nitrogen and oxygen atoms in total. The second-order valence-corrected chi connectivity index (χ2v) is 4.59. The van der Waals surface area contributed by atoms with Gasteiger partial charge in [-0.3, -0.25) is 0 Å². The summed E-state index contributed by atoms with van der Waals surface area (Å²) in [6, 6.07) is 0. The molecule has 0 spiro atoms. The summed E-state index contributed by atoms with van der Waals surface area (Å²) in [4.78, 5) is 13.0. The van der Waals surface area contributed by atoms with Gasteiger partial charge < -0.3 is 0 Å². The summed E-state index contributed by atoms with van der Waals surface area (Å²) in [6.45, 7) is 3.89. The number of fused-ring (bicyclic) bond motifs is 1. The van der Waals surface area contributed by atoms with E-state index in [9.17, 15) is 0 Å². The molecule has 0 saturated carbocycles. The van der Waals surface area contributed by atoms with Crippen LogP contribution in [0.5, 0.6) is 0 Å². The lowest BCUT2D eigenvalue weighted by molar-refractivity contribution is 1.08. The average molecular weight is 317 g/mol. The van der Waals surface area contributed by atoms with E-state index in [1.165, 1.54) is 0 Å². The van der Waals surface area contributed by atoms with E-state index in [0.29, 0.717) is 0 Å². The number of rotatable bonds is 0. The molecule has 0 N–H and O–H groups in total. The molecule has 0 aliphatic heterocycles. The lowest BCUT2D eigenvalue weighted by atomic mass is 10.3. The van der Waals surface area contributed by atoms with Crippen molar-refractivity contribution in [3.05, 3.63) is 26.7 Å². The molecule has 0 atom stereocenters. The van der Waals surface area contributed by atoms with Crippen molar-refractivity contribution in [2.24, 2.45) is 0 Å². The van der Waals surface area contributed by atoms with Gasteiger partial charge in [0, 0.05) is 6.20 Å². The summed E-state index contributed by atoms with van der Waals surface area (Å²) < 4.78 is 1.60. The third kappa shape index (κ3) is 1.54. The molecule has 2 aromatic rings. The quantitative estimate of drug-likeness (QED) is 0.701. The molecule has 0 aliphatic carbocycles. The van der Waals surface area contributed by atoms with E-state index in [2.05, 4.69) is 46.8 Å². The monoisotopic (exact) mass is 315 g/mol. The zero-order valence-electron chi connectivity index (χ0n) is 7.67. The van der Waals surface area contributed by atoms with Gasteiger partial charge in [-0.25, -0.2) is 15.0 Å². The van der Waals surface area contributed by atoms with Crippen molar-refractivity contribution in [1.82, 2.24) is 15.0 Å². The van der Waals surface area contributed by atoms with Crippen molar-refractivity contribution in [2.75, 3.05) is 0 Å². The van der Waals surface area contributed by atoms with Crippen LogP contribution in [-0.2, 0) is 0 Å². The number of halogens is 2. The minimum Gasteiger partial charge on any atom is -0.248 e. The first kappa shape index (κ1) is 9.98. The van der Waals surface area contributed by atoms with Gasteiger partial charge in [0.2, 0.25) is 0 Å². The SMILES string of the molecule is Cc1nc2c(Br)cnc(Br)c2nc1C. The molecule has 2 rings (SSSR count). The Morgan fingerprint density at radius 1 is 1.00 bits per heavy atom. The highest BCUT2D eigenvalue weighted by atomic mass is 79.9. The van der Waals surface area contributed by atoms with Crippen LogP contribution in [0.25, 0.3) is 11.0 Å². The second kappa shape index (κ2) is 3.55. The van der Waals surface area contributed by atoms with E-state index in [1.807, 2.05) is 13.8 Å². The van der Waals surface area contributed by atoms with Gasteiger partial charge >= 0.3 is 0 Å². The largest absolute Gasteiger partial charge is 0.248 e. The van der Waals surface area contributed by atoms with E-state index >= 15 is 0 Å². The molecule has 0 fully saturated rings. The number of pyridine rings is 1. The molecular weight excluding hydrogens is 310 g/mol. The molecule has 0 bridgehead atoms. The Kier molecular flexibility index (Phi) is 2.53. The normalized spacial score (nSPS) is 10.9. The predicted molar refractivity (Wildman–Crippen MR) is 62.2 cm³/mol. The highest BCUT2D eigenvalue weighted by molar-refractivity contribution is 9.11. The van der Waals surface area contributed by atoms with Crippen LogP contribution in [0.4, 0.5) is 0 Å². The van der Waals surface area contributed by atoms with Crippen LogP contribution in [0, 0.1) is 13.8 Å². The maximum absolute atomic E-state index is 4.46. The van der Waals surface area contributed by atoms with Crippen LogP contribution in [0.15, 0.2) is 15.3 Å². The fraction of sp³-hybridized carbons (Fsp3) is 0.222. The van der Waals surface area contributed by atoms with Gasteiger partial charge in [-0.1, -0.05) is 0 Å². The predicted octanol–water partition coefficient (Wildman–Crippen LogP) is 3.17. The van der Waals surface area contributed by atoms with E-state index in [4.69, 9.17) is 0 Å². The zero-order chi connectivity index (χ0) is 10.3. The highest BCUT2D eigenvalue weighted by Crippen LogP contribution is 2.25. The standard InChI is InChI=1S/C9H7Br2N3/c1-4-5(2)14-8-7(13-4)6(10)3-12-9(8)11/h3H,1-2H3. The molecule has 0 aromatic carbocycles. The van der Waals surface area contributed by atoms with Gasteiger partial charge in [-0.2, -0.15) is 0 Å². The van der Waals surface area contributed by atoms with E-state index in [-0.39, 0.29) is 0 Å². The zero-order valence-corrected chi connectivity index (χ0v) is 10.8. The van der Waals surface area contributed by atoms with Gasteiger partial charge in [0.05, 0.1) is 15.9 Å². The van der Waals surface area contributed by atoms with Gasteiger partial charge in [-0.15, -0.1) is 0 Å².